The Hall–Kier alpha value is -4.15. The first-order valence-electron chi connectivity index (χ1n) is 10.2. The summed E-state index contributed by atoms with van der Waals surface area (Å²) < 4.78 is 11.4. The normalized spacial score (nSPS) is 11.2. The largest absolute Gasteiger partial charge is 0.425 e. The number of nitrogens with zero attached hydrogens (tertiary/aromatic N) is 2. The van der Waals surface area contributed by atoms with Gasteiger partial charge < -0.3 is 24.5 Å². The van der Waals surface area contributed by atoms with E-state index in [1.807, 2.05) is 6.07 Å². The van der Waals surface area contributed by atoms with Crippen molar-refractivity contribution in [2.75, 3.05) is 19.0 Å². The molecule has 1 heterocycles. The van der Waals surface area contributed by atoms with E-state index >= 15 is 0 Å². The molecule has 0 aliphatic rings. The summed E-state index contributed by atoms with van der Waals surface area (Å²) in [6, 6.07) is 12.9. The lowest BCUT2D eigenvalue weighted by molar-refractivity contribution is -0.789. The van der Waals surface area contributed by atoms with Crippen LogP contribution in [-0.2, 0) is 14.5 Å². The standard InChI is InChI=1S/C21H17N3O10S3/c1-22-13-4-7-16(17(8-13)33-19(25)9-15(34-24(29)30)11-31-23(27)28)21(26)32-14-5-2-12(3-6-14)18-10-20(35)37-36-18/h2-8,10,15,22H,9,11H2,1H3. The van der Waals surface area contributed by atoms with Crippen molar-refractivity contribution in [3.05, 3.63) is 78.1 Å². The number of rotatable bonds is 12. The number of ether oxygens (including phenoxy) is 2. The molecule has 0 saturated heterocycles. The summed E-state index contributed by atoms with van der Waals surface area (Å²) in [6.07, 6.45) is -2.39. The number of carbonyl (C=O) groups is 2. The van der Waals surface area contributed by atoms with Crippen LogP contribution in [0.2, 0.25) is 0 Å². The fourth-order valence-electron chi connectivity index (χ4n) is 2.90. The quantitative estimate of drug-likeness (QED) is 0.0810. The predicted molar refractivity (Wildman–Crippen MR) is 134 cm³/mol. The SMILES string of the molecule is CNc1ccc(C(=O)Oc2ccc(-c3cc(=S)ss3)cc2)c(OC(=O)CC(CO[N+](=O)[O-])O[N+](=O)[O-])c1. The predicted octanol–water partition coefficient (Wildman–Crippen LogP) is 4.55. The molecule has 0 amide bonds. The van der Waals surface area contributed by atoms with Gasteiger partial charge in [0.25, 0.3) is 10.2 Å². The van der Waals surface area contributed by atoms with Gasteiger partial charge in [-0.05, 0) is 48.0 Å². The summed E-state index contributed by atoms with van der Waals surface area (Å²) in [6.45, 7) is -0.885. The molecular weight excluding hydrogens is 550 g/mol. The summed E-state index contributed by atoms with van der Waals surface area (Å²) in [7, 11) is 4.60. The number of carbonyl (C=O) groups excluding carboxylic acids is 2. The number of hydrogen-bond donors (Lipinski definition) is 1. The summed E-state index contributed by atoms with van der Waals surface area (Å²) in [5, 5.41) is 21.4. The van der Waals surface area contributed by atoms with Crippen molar-refractivity contribution in [3.8, 4) is 21.9 Å². The van der Waals surface area contributed by atoms with Crippen LogP contribution in [0.25, 0.3) is 10.4 Å². The zero-order valence-electron chi connectivity index (χ0n) is 18.8. The monoisotopic (exact) mass is 567 g/mol. The van der Waals surface area contributed by atoms with Crippen molar-refractivity contribution in [3.63, 3.8) is 0 Å². The number of nitrogens with one attached hydrogen (secondary N) is 1. The summed E-state index contributed by atoms with van der Waals surface area (Å²) in [5.74, 6) is -1.87. The maximum Gasteiger partial charge on any atom is 0.347 e. The molecule has 194 valence electrons. The van der Waals surface area contributed by atoms with Crippen molar-refractivity contribution < 1.29 is 38.9 Å². The van der Waals surface area contributed by atoms with Gasteiger partial charge in [-0.3, -0.25) is 4.79 Å². The minimum absolute atomic E-state index is 0.111. The molecule has 0 aliphatic carbocycles. The zero-order chi connectivity index (χ0) is 26.9. The van der Waals surface area contributed by atoms with Gasteiger partial charge in [0.1, 0.15) is 33.6 Å². The maximum absolute atomic E-state index is 12.9. The Labute approximate surface area is 220 Å². The molecule has 16 heteroatoms. The van der Waals surface area contributed by atoms with Gasteiger partial charge in [-0.25, -0.2) is 4.79 Å². The first-order chi connectivity index (χ1) is 17.6. The van der Waals surface area contributed by atoms with E-state index < -0.39 is 41.2 Å². The molecular formula is C21H17N3O10S3. The van der Waals surface area contributed by atoms with E-state index in [4.69, 9.17) is 21.7 Å². The molecule has 0 fully saturated rings. The molecule has 0 saturated carbocycles. The van der Waals surface area contributed by atoms with E-state index in [-0.39, 0.29) is 17.1 Å². The van der Waals surface area contributed by atoms with Gasteiger partial charge in [0.15, 0.2) is 0 Å². The minimum atomic E-state index is -1.62. The van der Waals surface area contributed by atoms with Crippen molar-refractivity contribution in [1.82, 2.24) is 0 Å². The molecule has 3 rings (SSSR count). The van der Waals surface area contributed by atoms with E-state index in [0.29, 0.717) is 5.69 Å². The average molecular weight is 568 g/mol. The third kappa shape index (κ3) is 8.19. The number of hydrogen-bond acceptors (Lipinski definition) is 14. The van der Waals surface area contributed by atoms with Crippen LogP contribution in [0.4, 0.5) is 5.69 Å². The Morgan fingerprint density at radius 3 is 2.35 bits per heavy atom. The average Bonchev–Trinajstić information content (AvgIpc) is 3.28. The molecule has 1 N–H and O–H groups in total. The summed E-state index contributed by atoms with van der Waals surface area (Å²) >= 11 is 5.14. The second-order valence-electron chi connectivity index (χ2n) is 7.02. The fraction of sp³-hybridized carbons (Fsp3) is 0.190. The van der Waals surface area contributed by atoms with Crippen LogP contribution in [0.15, 0.2) is 48.5 Å². The highest BCUT2D eigenvalue weighted by Gasteiger charge is 2.24. The lowest BCUT2D eigenvalue weighted by Crippen LogP contribution is -2.29. The third-order valence-corrected chi connectivity index (χ3v) is 7.43. The van der Waals surface area contributed by atoms with Crippen molar-refractivity contribution in [2.24, 2.45) is 0 Å². The van der Waals surface area contributed by atoms with Crippen LogP contribution < -0.4 is 14.8 Å². The summed E-state index contributed by atoms with van der Waals surface area (Å²) in [4.78, 5) is 55.6. The number of esters is 2. The highest BCUT2D eigenvalue weighted by atomic mass is 32.9. The van der Waals surface area contributed by atoms with E-state index in [9.17, 15) is 29.8 Å². The first-order valence-corrected chi connectivity index (χ1v) is 12.7. The third-order valence-electron chi connectivity index (χ3n) is 4.52. The Kier molecular flexibility index (Phi) is 9.42. The topological polar surface area (TPSA) is 169 Å². The van der Waals surface area contributed by atoms with Crippen LogP contribution in [0, 0.1) is 24.1 Å². The molecule has 1 aromatic heterocycles. The van der Waals surface area contributed by atoms with Crippen LogP contribution in [0.1, 0.15) is 16.8 Å². The van der Waals surface area contributed by atoms with Gasteiger partial charge in [-0.2, -0.15) is 0 Å². The van der Waals surface area contributed by atoms with Gasteiger partial charge in [0, 0.05) is 23.7 Å². The highest BCUT2D eigenvalue weighted by molar-refractivity contribution is 7.80. The Bertz CT molecular complexity index is 1360. The summed E-state index contributed by atoms with van der Waals surface area (Å²) in [5.41, 5.74) is 1.27. The maximum atomic E-state index is 12.9. The van der Waals surface area contributed by atoms with Crippen molar-refractivity contribution in [1.29, 1.82) is 0 Å². The van der Waals surface area contributed by atoms with Gasteiger partial charge in [-0.1, -0.05) is 32.9 Å². The van der Waals surface area contributed by atoms with E-state index in [1.54, 1.807) is 37.4 Å². The zero-order valence-corrected chi connectivity index (χ0v) is 21.3. The smallest absolute Gasteiger partial charge is 0.347 e. The number of anilines is 1. The van der Waals surface area contributed by atoms with Gasteiger partial charge in [0.05, 0.1) is 6.42 Å². The lowest BCUT2D eigenvalue weighted by atomic mass is 10.1. The Morgan fingerprint density at radius 2 is 1.76 bits per heavy atom. The van der Waals surface area contributed by atoms with Crippen molar-refractivity contribution >= 4 is 50.5 Å². The van der Waals surface area contributed by atoms with Crippen LogP contribution >= 0.6 is 32.9 Å². The molecule has 2 aromatic carbocycles. The van der Waals surface area contributed by atoms with Crippen LogP contribution in [0.5, 0.6) is 11.5 Å². The molecule has 3 aromatic rings. The minimum Gasteiger partial charge on any atom is -0.425 e. The molecule has 1 unspecified atom stereocenters. The number of benzene rings is 2. The first kappa shape index (κ1) is 27.4. The lowest BCUT2D eigenvalue weighted by Gasteiger charge is -2.15. The van der Waals surface area contributed by atoms with Crippen LogP contribution in [-0.4, -0.2) is 41.9 Å². The molecule has 1 atom stereocenters. The van der Waals surface area contributed by atoms with Crippen LogP contribution in [0.3, 0.4) is 0 Å². The van der Waals surface area contributed by atoms with Gasteiger partial charge in [-0.15, -0.1) is 20.2 Å². The fourth-order valence-corrected chi connectivity index (χ4v) is 5.30. The van der Waals surface area contributed by atoms with E-state index in [2.05, 4.69) is 15.0 Å². The van der Waals surface area contributed by atoms with E-state index in [0.717, 1.165) is 14.3 Å². The molecule has 0 spiro atoms. The highest BCUT2D eigenvalue weighted by Crippen LogP contribution is 2.31. The molecule has 0 radical (unpaired) electrons. The Morgan fingerprint density at radius 1 is 1.03 bits per heavy atom. The molecule has 13 nitrogen and oxygen atoms in total. The van der Waals surface area contributed by atoms with Gasteiger partial charge in [0.2, 0.25) is 0 Å². The van der Waals surface area contributed by atoms with E-state index in [1.165, 1.54) is 32.8 Å². The van der Waals surface area contributed by atoms with Crippen molar-refractivity contribution in [2.45, 2.75) is 12.5 Å². The van der Waals surface area contributed by atoms with Gasteiger partial charge >= 0.3 is 11.9 Å². The second kappa shape index (κ2) is 12.7. The second-order valence-corrected chi connectivity index (χ2v) is 9.93. The molecule has 37 heavy (non-hydrogen) atoms. The molecule has 0 aliphatic heterocycles. The Balaban J connectivity index is 1.74. The molecule has 0 bridgehead atoms.